The molecule has 1 atom stereocenters. The molecule has 2 heterocycles. The molecule has 0 saturated carbocycles. The number of rotatable bonds is 5. The standard InChI is InChI=1S/C16H31N3O2.HI/c1-4-15(5-2,12-20)10-18-14(17-3)19-8-6-16(11-19)7-9-21-13-16;/h20H,4-13H2,1-3H3,(H,17,18);1H. The summed E-state index contributed by atoms with van der Waals surface area (Å²) >= 11 is 0. The van der Waals surface area contributed by atoms with Gasteiger partial charge in [0, 0.05) is 44.1 Å². The molecule has 1 spiro atoms. The third-order valence-electron chi connectivity index (χ3n) is 5.59. The zero-order valence-electron chi connectivity index (χ0n) is 14.2. The van der Waals surface area contributed by atoms with Crippen molar-refractivity contribution >= 4 is 29.9 Å². The highest BCUT2D eigenvalue weighted by molar-refractivity contribution is 14.0. The Morgan fingerprint density at radius 3 is 2.59 bits per heavy atom. The van der Waals surface area contributed by atoms with E-state index in [1.165, 1.54) is 12.8 Å². The van der Waals surface area contributed by atoms with Crippen LogP contribution < -0.4 is 5.32 Å². The third kappa shape index (κ3) is 4.26. The van der Waals surface area contributed by atoms with Gasteiger partial charge in [-0.25, -0.2) is 0 Å². The number of nitrogens with zero attached hydrogens (tertiary/aromatic N) is 2. The lowest BCUT2D eigenvalue weighted by Gasteiger charge is -2.32. The summed E-state index contributed by atoms with van der Waals surface area (Å²) in [6.45, 7) is 9.18. The predicted octanol–water partition coefficient (Wildman–Crippen LogP) is 2.09. The molecule has 130 valence electrons. The Labute approximate surface area is 151 Å². The average molecular weight is 425 g/mol. The van der Waals surface area contributed by atoms with Crippen LogP contribution in [-0.2, 0) is 4.74 Å². The van der Waals surface area contributed by atoms with Gasteiger partial charge in [-0.05, 0) is 25.7 Å². The van der Waals surface area contributed by atoms with E-state index in [0.29, 0.717) is 5.41 Å². The van der Waals surface area contributed by atoms with Gasteiger partial charge < -0.3 is 20.1 Å². The lowest BCUT2D eigenvalue weighted by atomic mass is 9.83. The van der Waals surface area contributed by atoms with Gasteiger partial charge in [-0.15, -0.1) is 24.0 Å². The Kier molecular flexibility index (Phi) is 7.88. The number of aliphatic hydroxyl groups is 1. The summed E-state index contributed by atoms with van der Waals surface area (Å²) in [6, 6.07) is 0. The Hall–Kier alpha value is -0.0800. The number of likely N-dealkylation sites (tertiary alicyclic amines) is 1. The van der Waals surface area contributed by atoms with E-state index in [-0.39, 0.29) is 36.0 Å². The van der Waals surface area contributed by atoms with Gasteiger partial charge in [0.25, 0.3) is 0 Å². The largest absolute Gasteiger partial charge is 0.396 e. The summed E-state index contributed by atoms with van der Waals surface area (Å²) in [5.74, 6) is 0.971. The van der Waals surface area contributed by atoms with Crippen molar-refractivity contribution in [3.05, 3.63) is 0 Å². The van der Waals surface area contributed by atoms with Gasteiger partial charge in [0.15, 0.2) is 5.96 Å². The van der Waals surface area contributed by atoms with E-state index < -0.39 is 0 Å². The number of halogens is 1. The number of aliphatic hydroxyl groups excluding tert-OH is 1. The van der Waals surface area contributed by atoms with Crippen molar-refractivity contribution in [2.75, 3.05) is 46.5 Å². The smallest absolute Gasteiger partial charge is 0.193 e. The van der Waals surface area contributed by atoms with Crippen LogP contribution in [0, 0.1) is 10.8 Å². The van der Waals surface area contributed by atoms with Crippen LogP contribution in [0.1, 0.15) is 39.5 Å². The van der Waals surface area contributed by atoms with Gasteiger partial charge in [0.2, 0.25) is 0 Å². The van der Waals surface area contributed by atoms with Crippen LogP contribution in [0.2, 0.25) is 0 Å². The van der Waals surface area contributed by atoms with Crippen molar-refractivity contribution in [3.63, 3.8) is 0 Å². The molecule has 0 aromatic carbocycles. The van der Waals surface area contributed by atoms with E-state index in [2.05, 4.69) is 29.1 Å². The Balaban J connectivity index is 0.00000242. The summed E-state index contributed by atoms with van der Waals surface area (Å²) < 4.78 is 5.59. The Morgan fingerprint density at radius 1 is 1.36 bits per heavy atom. The number of aliphatic imine (C=N–C) groups is 1. The van der Waals surface area contributed by atoms with Crippen molar-refractivity contribution in [2.24, 2.45) is 15.8 Å². The molecule has 2 aliphatic rings. The van der Waals surface area contributed by atoms with Crippen LogP contribution >= 0.6 is 24.0 Å². The number of hydrogen-bond acceptors (Lipinski definition) is 3. The second-order valence-electron chi connectivity index (χ2n) is 6.74. The third-order valence-corrected chi connectivity index (χ3v) is 5.59. The summed E-state index contributed by atoms with van der Waals surface area (Å²) in [5.41, 5.74) is 0.311. The molecular formula is C16H32IN3O2. The van der Waals surface area contributed by atoms with Crippen molar-refractivity contribution < 1.29 is 9.84 Å². The van der Waals surface area contributed by atoms with Crippen LogP contribution in [0.15, 0.2) is 4.99 Å². The maximum Gasteiger partial charge on any atom is 0.193 e. The fourth-order valence-corrected chi connectivity index (χ4v) is 3.47. The fourth-order valence-electron chi connectivity index (χ4n) is 3.47. The van der Waals surface area contributed by atoms with Crippen LogP contribution in [0.5, 0.6) is 0 Å². The topological polar surface area (TPSA) is 57.1 Å². The first-order valence-corrected chi connectivity index (χ1v) is 8.27. The fraction of sp³-hybridized carbons (Fsp3) is 0.938. The lowest BCUT2D eigenvalue weighted by molar-refractivity contribution is 0.117. The molecule has 5 nitrogen and oxygen atoms in total. The van der Waals surface area contributed by atoms with Gasteiger partial charge >= 0.3 is 0 Å². The summed E-state index contributed by atoms with van der Waals surface area (Å²) in [6.07, 6.45) is 4.31. The minimum Gasteiger partial charge on any atom is -0.396 e. The molecule has 2 rings (SSSR count). The zero-order chi connectivity index (χ0) is 15.3. The van der Waals surface area contributed by atoms with E-state index >= 15 is 0 Å². The molecule has 2 aliphatic heterocycles. The first-order chi connectivity index (χ1) is 10.1. The zero-order valence-corrected chi connectivity index (χ0v) is 16.6. The predicted molar refractivity (Wildman–Crippen MR) is 101 cm³/mol. The highest BCUT2D eigenvalue weighted by Gasteiger charge is 2.42. The second kappa shape index (κ2) is 8.68. The van der Waals surface area contributed by atoms with Crippen LogP contribution in [0.25, 0.3) is 0 Å². The molecule has 1 unspecified atom stereocenters. The molecule has 0 aromatic heterocycles. The first-order valence-electron chi connectivity index (χ1n) is 8.27. The Bertz CT molecular complexity index is 358. The Morgan fingerprint density at radius 2 is 2.09 bits per heavy atom. The molecule has 0 radical (unpaired) electrons. The summed E-state index contributed by atoms with van der Waals surface area (Å²) in [4.78, 5) is 6.79. The average Bonchev–Trinajstić information content (AvgIpc) is 3.15. The van der Waals surface area contributed by atoms with Crippen molar-refractivity contribution in [1.82, 2.24) is 10.2 Å². The minimum absolute atomic E-state index is 0. The molecule has 0 aromatic rings. The molecule has 22 heavy (non-hydrogen) atoms. The molecule has 0 aliphatic carbocycles. The monoisotopic (exact) mass is 425 g/mol. The number of hydrogen-bond donors (Lipinski definition) is 2. The number of ether oxygens (including phenoxy) is 1. The quantitative estimate of drug-likeness (QED) is 0.403. The van der Waals surface area contributed by atoms with E-state index in [0.717, 1.165) is 51.6 Å². The first kappa shape index (κ1) is 20.0. The van der Waals surface area contributed by atoms with Gasteiger partial charge in [-0.3, -0.25) is 4.99 Å². The summed E-state index contributed by atoms with van der Waals surface area (Å²) in [7, 11) is 1.84. The molecule has 0 bridgehead atoms. The van der Waals surface area contributed by atoms with Crippen molar-refractivity contribution in [1.29, 1.82) is 0 Å². The van der Waals surface area contributed by atoms with Crippen molar-refractivity contribution in [2.45, 2.75) is 39.5 Å². The molecule has 0 amide bonds. The molecule has 6 heteroatoms. The molecule has 2 N–H and O–H groups in total. The maximum atomic E-state index is 9.68. The van der Waals surface area contributed by atoms with Crippen LogP contribution in [0.4, 0.5) is 0 Å². The van der Waals surface area contributed by atoms with Gasteiger partial charge in [0.1, 0.15) is 0 Å². The van der Waals surface area contributed by atoms with Crippen LogP contribution in [0.3, 0.4) is 0 Å². The van der Waals surface area contributed by atoms with E-state index in [4.69, 9.17) is 4.74 Å². The van der Waals surface area contributed by atoms with E-state index in [1.807, 2.05) is 7.05 Å². The SMILES string of the molecule is CCC(CC)(CO)CNC(=NC)N1CCC2(CCOC2)C1.I. The summed E-state index contributed by atoms with van der Waals surface area (Å²) in [5, 5.41) is 13.2. The molecule has 2 fully saturated rings. The van der Waals surface area contributed by atoms with Crippen LogP contribution in [-0.4, -0.2) is 62.5 Å². The lowest BCUT2D eigenvalue weighted by Crippen LogP contribution is -2.46. The van der Waals surface area contributed by atoms with Gasteiger partial charge in [-0.1, -0.05) is 13.8 Å². The number of nitrogens with one attached hydrogen (secondary N) is 1. The maximum absolute atomic E-state index is 9.68. The van der Waals surface area contributed by atoms with Crippen molar-refractivity contribution in [3.8, 4) is 0 Å². The minimum atomic E-state index is -0.0379. The van der Waals surface area contributed by atoms with E-state index in [9.17, 15) is 5.11 Å². The molecular weight excluding hydrogens is 393 g/mol. The molecule has 2 saturated heterocycles. The normalized spacial score (nSPS) is 25.6. The van der Waals surface area contributed by atoms with E-state index in [1.54, 1.807) is 0 Å². The second-order valence-corrected chi connectivity index (χ2v) is 6.74. The highest BCUT2D eigenvalue weighted by Crippen LogP contribution is 2.38. The number of guanidine groups is 1. The highest BCUT2D eigenvalue weighted by atomic mass is 127. The van der Waals surface area contributed by atoms with Gasteiger partial charge in [-0.2, -0.15) is 0 Å². The van der Waals surface area contributed by atoms with Gasteiger partial charge in [0.05, 0.1) is 13.2 Å².